The van der Waals surface area contributed by atoms with Crippen LogP contribution in [-0.4, -0.2) is 340 Å². The Balaban J connectivity index is 0.00000806. The van der Waals surface area contributed by atoms with Crippen molar-refractivity contribution in [2.75, 3.05) is 119 Å². The van der Waals surface area contributed by atoms with E-state index >= 15 is 0 Å². The number of nitrogens with one attached hydrogen (secondary N) is 9. The number of aliphatic carboxylic acids is 1. The van der Waals surface area contributed by atoms with E-state index in [1.165, 1.54) is 20.8 Å². The highest BCUT2D eigenvalue weighted by atomic mass is 19.4. The highest BCUT2D eigenvalue weighted by Gasteiger charge is 2.55. The Labute approximate surface area is 760 Å². The van der Waals surface area contributed by atoms with E-state index in [2.05, 4.69) is 47.9 Å². The number of esters is 9. The van der Waals surface area contributed by atoms with E-state index in [9.17, 15) is 99.5 Å². The van der Waals surface area contributed by atoms with Crippen LogP contribution < -0.4 is 53.6 Å². The molecule has 3 saturated heterocycles. The van der Waals surface area contributed by atoms with Crippen LogP contribution in [0.25, 0.3) is 0 Å². The molecule has 48 nitrogen and oxygen atoms in total. The summed E-state index contributed by atoms with van der Waals surface area (Å²) < 4.78 is 133. The molecule has 15 unspecified atom stereocenters. The summed E-state index contributed by atoms with van der Waals surface area (Å²) in [6.45, 7) is 13.0. The highest BCUT2D eigenvalue weighted by Crippen LogP contribution is 2.32. The molecule has 3 rings (SSSR count). The summed E-state index contributed by atoms with van der Waals surface area (Å²) in [6, 6.07) is -3.46. The molecule has 0 aromatic rings. The van der Waals surface area contributed by atoms with Gasteiger partial charge in [-0.25, -0.2) is 4.79 Å². The lowest BCUT2D eigenvalue weighted by Crippen LogP contribution is -2.66. The Hall–Kier alpha value is -10.7. The molecule has 0 bridgehead atoms. The Bertz CT molecular complexity index is 3370. The second kappa shape index (κ2) is 64.2. The van der Waals surface area contributed by atoms with E-state index in [1.54, 1.807) is 0 Å². The summed E-state index contributed by atoms with van der Waals surface area (Å²) in [4.78, 5) is 230. The maximum atomic E-state index is 12.9. The standard InChI is InChI=1S/C79H128N10O36.C2HF3O2/c1-46(90)87-67-73(120-55(10)99)70(117-52(7)96)58(40-114-49(4)93)123-76(67)111-34-16-13-22-61(102)81-28-19-31-84-64(105)25-37-108-43-79(80,44-109-38-26-65(106)85-32-20-29-82-62(103)23-14-17-35-112-77-68(88-47(2)91)74(121-56(11)100)71(118-53(8)97)59(124-77)41-115-50(5)94)45-110-39-27-66(107)86-33-21-30-83-63(104)24-15-18-36-113-78-69(89-48(3)92)75(122-57(12)101)72(119-54(9)98)60(125-78)42-116-51(6)95;3-2(4,5)1(6)7/h58-60,67-78H,13-45,80H2,1-12H3,(H,81,102)(H,82,103)(H,83,104)(H,84,105)(H,85,106)(H,86,107)(H,87,90)(H,88,91)(H,89,92);(H,6,7). The van der Waals surface area contributed by atoms with E-state index in [-0.39, 0.29) is 173 Å². The maximum Gasteiger partial charge on any atom is 0.490 e. The van der Waals surface area contributed by atoms with Crippen molar-refractivity contribution in [2.45, 2.75) is 283 Å². The van der Waals surface area contributed by atoms with Gasteiger partial charge in [0.2, 0.25) is 53.2 Å². The van der Waals surface area contributed by atoms with E-state index in [0.717, 1.165) is 62.3 Å². The number of carbonyl (C=O) groups is 19. The van der Waals surface area contributed by atoms with Crippen molar-refractivity contribution < 1.29 is 195 Å². The topological polar surface area (TPSA) is 645 Å². The van der Waals surface area contributed by atoms with Crippen molar-refractivity contribution in [1.29, 1.82) is 0 Å². The van der Waals surface area contributed by atoms with Gasteiger partial charge in [0.15, 0.2) is 55.5 Å². The van der Waals surface area contributed by atoms with Crippen molar-refractivity contribution in [3.63, 3.8) is 0 Å². The van der Waals surface area contributed by atoms with Crippen molar-refractivity contribution in [2.24, 2.45) is 5.73 Å². The normalized spacial score (nSPS) is 21.8. The molecule has 0 aromatic carbocycles. The van der Waals surface area contributed by atoms with Gasteiger partial charge in [0, 0.05) is 181 Å². The number of amides is 9. The number of rotatable bonds is 60. The molecule has 0 saturated carbocycles. The zero-order chi connectivity index (χ0) is 99.1. The van der Waals surface area contributed by atoms with Crippen LogP contribution in [0.4, 0.5) is 13.2 Å². The first-order valence-corrected chi connectivity index (χ1v) is 42.7. The quantitative estimate of drug-likeness (QED) is 0.0177. The summed E-state index contributed by atoms with van der Waals surface area (Å²) in [7, 11) is 0. The SMILES string of the molecule is CC(=O)NC1C(OCCCCC(=O)NCCCNC(=O)CCOCC(N)(COCCC(=O)NCCCNC(=O)CCCCOC2OC(COC(C)=O)C(OC(C)=O)C(OC(C)=O)C2NC(C)=O)COCCC(=O)NCCCNC(=O)CCCCOC2OC(COC(C)=O)C(OC(C)=O)C(OC(C)=O)C2NC(C)=O)OC(COC(C)=O)C(OC(C)=O)C1OC(C)=O.O=C(O)C(F)(F)F. The molecule has 3 heterocycles. The molecule has 3 fully saturated rings. The molecule has 51 heteroatoms. The average molecular weight is 1910 g/mol. The Morgan fingerprint density at radius 3 is 0.712 bits per heavy atom. The van der Waals surface area contributed by atoms with Gasteiger partial charge in [0.25, 0.3) is 0 Å². The molecule has 3 aliphatic heterocycles. The van der Waals surface area contributed by atoms with Gasteiger partial charge in [-0.1, -0.05) is 0 Å². The fourth-order valence-corrected chi connectivity index (χ4v) is 12.7. The first kappa shape index (κ1) is 117. The van der Waals surface area contributed by atoms with Crippen LogP contribution in [0.3, 0.4) is 0 Å². The predicted octanol–water partition coefficient (Wildman–Crippen LogP) is -2.07. The van der Waals surface area contributed by atoms with Gasteiger partial charge in [-0.15, -0.1) is 0 Å². The molecule has 0 radical (unpaired) electrons. The van der Waals surface area contributed by atoms with E-state index in [1.807, 2.05) is 0 Å². The summed E-state index contributed by atoms with van der Waals surface area (Å²) in [5.74, 6) is -12.9. The number of hydrogen-bond donors (Lipinski definition) is 11. The molecule has 0 aliphatic carbocycles. The molecule has 12 N–H and O–H groups in total. The van der Waals surface area contributed by atoms with Crippen molar-refractivity contribution in [3.8, 4) is 0 Å². The molecule has 132 heavy (non-hydrogen) atoms. The average Bonchev–Trinajstić information content (AvgIpc) is 0.795. The molecule has 0 spiro atoms. The van der Waals surface area contributed by atoms with Crippen LogP contribution in [0.2, 0.25) is 0 Å². The number of ether oxygens (including phenoxy) is 18. The molecule has 9 amide bonds. The Morgan fingerprint density at radius 1 is 0.303 bits per heavy atom. The minimum Gasteiger partial charge on any atom is -0.475 e. The number of nitrogens with two attached hydrogens (primary N) is 1. The predicted molar refractivity (Wildman–Crippen MR) is 440 cm³/mol. The van der Waals surface area contributed by atoms with Gasteiger partial charge >= 0.3 is 65.9 Å². The van der Waals surface area contributed by atoms with Crippen LogP contribution in [0, 0.1) is 0 Å². The van der Waals surface area contributed by atoms with E-state index < -0.39 is 201 Å². The largest absolute Gasteiger partial charge is 0.490 e. The van der Waals surface area contributed by atoms with Gasteiger partial charge in [-0.05, 0) is 57.8 Å². The fourth-order valence-electron chi connectivity index (χ4n) is 12.7. The zero-order valence-electron chi connectivity index (χ0n) is 76.3. The number of carbonyl (C=O) groups excluding carboxylic acids is 18. The lowest BCUT2D eigenvalue weighted by Gasteiger charge is -2.44. The molecule has 3 aliphatic rings. The maximum absolute atomic E-state index is 12.9. The van der Waals surface area contributed by atoms with Gasteiger partial charge in [-0.3, -0.25) is 86.3 Å². The molecule has 752 valence electrons. The third-order valence-electron chi connectivity index (χ3n) is 18.3. The molecule has 15 atom stereocenters. The minimum absolute atomic E-state index is 0.00469. The van der Waals surface area contributed by atoms with Crippen molar-refractivity contribution in [1.82, 2.24) is 47.9 Å². The van der Waals surface area contributed by atoms with Crippen molar-refractivity contribution >= 4 is 113 Å². The van der Waals surface area contributed by atoms with E-state index in [0.29, 0.717) is 57.8 Å². The van der Waals surface area contributed by atoms with Crippen LogP contribution in [0.1, 0.15) is 179 Å². The smallest absolute Gasteiger partial charge is 0.475 e. The number of hydrogen-bond acceptors (Lipinski definition) is 38. The number of alkyl halides is 3. The second-order valence-electron chi connectivity index (χ2n) is 30.4. The Kier molecular flexibility index (Phi) is 57.1. The molecular formula is C81H129F3N10O38. The van der Waals surface area contributed by atoms with Crippen LogP contribution in [0.5, 0.6) is 0 Å². The first-order valence-electron chi connectivity index (χ1n) is 42.7. The monoisotopic (exact) mass is 1910 g/mol. The lowest BCUT2D eigenvalue weighted by atomic mass is 9.96. The van der Waals surface area contributed by atoms with Gasteiger partial charge in [-0.2, -0.15) is 13.2 Å². The minimum atomic E-state index is -5.08. The van der Waals surface area contributed by atoms with E-state index in [4.69, 9.17) is 101 Å². The highest BCUT2D eigenvalue weighted by molar-refractivity contribution is 5.80. The fraction of sp³-hybridized carbons (Fsp3) is 0.765. The third kappa shape index (κ3) is 52.5. The van der Waals surface area contributed by atoms with Crippen LogP contribution >= 0.6 is 0 Å². The number of halogens is 3. The first-order chi connectivity index (χ1) is 62.2. The summed E-state index contributed by atoms with van der Waals surface area (Å²) >= 11 is 0. The lowest BCUT2D eigenvalue weighted by molar-refractivity contribution is -0.277. The van der Waals surface area contributed by atoms with Gasteiger partial charge in [0.1, 0.15) is 56.3 Å². The zero-order valence-corrected chi connectivity index (χ0v) is 76.3. The second-order valence-corrected chi connectivity index (χ2v) is 30.4. The number of carboxylic acid groups (broad SMARTS) is 1. The summed E-state index contributed by atoms with van der Waals surface area (Å²) in [6.07, 6.45) is -16.9. The summed E-state index contributed by atoms with van der Waals surface area (Å²) in [5, 5.41) is 31.6. The van der Waals surface area contributed by atoms with Crippen molar-refractivity contribution in [3.05, 3.63) is 0 Å². The third-order valence-corrected chi connectivity index (χ3v) is 18.3. The van der Waals surface area contributed by atoms with Gasteiger partial charge < -0.3 is 144 Å². The number of unbranched alkanes of at least 4 members (excludes halogenated alkanes) is 3. The number of carboxylic acids is 1. The molecular weight excluding hydrogens is 1780 g/mol. The van der Waals surface area contributed by atoms with Crippen LogP contribution in [0.15, 0.2) is 0 Å². The summed E-state index contributed by atoms with van der Waals surface area (Å²) in [5.41, 5.74) is 5.39. The Morgan fingerprint density at radius 2 is 0.515 bits per heavy atom. The van der Waals surface area contributed by atoms with Gasteiger partial charge in [0.05, 0.1) is 45.2 Å². The molecule has 0 aromatic heterocycles. The van der Waals surface area contributed by atoms with Crippen LogP contribution in [-0.2, 0) is 176 Å².